The molecule has 0 bridgehead atoms. The van der Waals surface area contributed by atoms with Crippen LogP contribution in [0.25, 0.3) is 0 Å². The molecule has 2 rings (SSSR count). The van der Waals surface area contributed by atoms with E-state index in [1.165, 1.54) is 18.3 Å². The monoisotopic (exact) mass is 388 g/mol. The Labute approximate surface area is 138 Å². The van der Waals surface area contributed by atoms with E-state index < -0.39 is 11.9 Å². The van der Waals surface area contributed by atoms with Gasteiger partial charge in [-0.1, -0.05) is 23.2 Å². The normalized spacial score (nSPS) is 10.2. The first kappa shape index (κ1) is 15.8. The number of rotatable bonds is 3. The van der Waals surface area contributed by atoms with Crippen LogP contribution in [-0.2, 0) is 0 Å². The lowest BCUT2D eigenvalue weighted by Crippen LogP contribution is -2.18. The molecule has 2 N–H and O–H groups in total. The molecule has 1 aromatic carbocycles. The zero-order chi connectivity index (χ0) is 15.6. The second-order valence-electron chi connectivity index (χ2n) is 3.88. The van der Waals surface area contributed by atoms with Crippen LogP contribution in [0.1, 0.15) is 20.8 Å². The van der Waals surface area contributed by atoms with E-state index in [4.69, 9.17) is 28.3 Å². The SMILES string of the molecule is O=C(O)c1cccnc1C(=O)Nc1ccc(Br)c(Cl)c1Cl. The Morgan fingerprint density at radius 1 is 1.19 bits per heavy atom. The molecule has 5 nitrogen and oxygen atoms in total. The Bertz CT molecular complexity index is 737. The number of carboxylic acids is 1. The van der Waals surface area contributed by atoms with Gasteiger partial charge in [-0.15, -0.1) is 0 Å². The summed E-state index contributed by atoms with van der Waals surface area (Å²) < 4.78 is 0.580. The van der Waals surface area contributed by atoms with Gasteiger partial charge in [-0.25, -0.2) is 4.79 Å². The summed E-state index contributed by atoms with van der Waals surface area (Å²) in [7, 11) is 0. The number of nitrogens with zero attached hydrogens (tertiary/aromatic N) is 1. The molecule has 0 saturated heterocycles. The second kappa shape index (κ2) is 6.43. The number of carbonyl (C=O) groups excluding carboxylic acids is 1. The Hall–Kier alpha value is -1.63. The molecular weight excluding hydrogens is 383 g/mol. The molecule has 0 radical (unpaired) electrons. The fourth-order valence-corrected chi connectivity index (χ4v) is 2.38. The number of nitrogens with one attached hydrogen (secondary N) is 1. The van der Waals surface area contributed by atoms with Gasteiger partial charge in [0, 0.05) is 10.7 Å². The maximum Gasteiger partial charge on any atom is 0.338 e. The fourth-order valence-electron chi connectivity index (χ4n) is 1.56. The Kier molecular flexibility index (Phi) is 4.82. The number of aromatic carboxylic acids is 1. The average Bonchev–Trinajstić information content (AvgIpc) is 2.47. The van der Waals surface area contributed by atoms with Crippen LogP contribution in [0.3, 0.4) is 0 Å². The van der Waals surface area contributed by atoms with Crippen molar-refractivity contribution in [2.24, 2.45) is 0 Å². The van der Waals surface area contributed by atoms with Crippen molar-refractivity contribution in [2.45, 2.75) is 0 Å². The highest BCUT2D eigenvalue weighted by Gasteiger charge is 2.19. The molecule has 8 heteroatoms. The van der Waals surface area contributed by atoms with Crippen molar-refractivity contribution in [3.63, 3.8) is 0 Å². The van der Waals surface area contributed by atoms with Crippen LogP contribution in [0.15, 0.2) is 34.9 Å². The van der Waals surface area contributed by atoms with Crippen molar-refractivity contribution in [3.05, 3.63) is 56.2 Å². The molecule has 0 spiro atoms. The highest BCUT2D eigenvalue weighted by atomic mass is 79.9. The number of hydrogen-bond acceptors (Lipinski definition) is 3. The number of carboxylic acid groups (broad SMARTS) is 1. The average molecular weight is 390 g/mol. The second-order valence-corrected chi connectivity index (χ2v) is 5.49. The first-order chi connectivity index (χ1) is 9.91. The number of anilines is 1. The summed E-state index contributed by atoms with van der Waals surface area (Å²) in [6, 6.07) is 5.88. The highest BCUT2D eigenvalue weighted by molar-refractivity contribution is 9.10. The van der Waals surface area contributed by atoms with Crippen molar-refractivity contribution in [3.8, 4) is 0 Å². The maximum atomic E-state index is 12.1. The number of aromatic nitrogens is 1. The van der Waals surface area contributed by atoms with Gasteiger partial charge in [0.25, 0.3) is 5.91 Å². The van der Waals surface area contributed by atoms with Gasteiger partial charge in [0.2, 0.25) is 0 Å². The van der Waals surface area contributed by atoms with Gasteiger partial charge < -0.3 is 10.4 Å². The van der Waals surface area contributed by atoms with Crippen LogP contribution >= 0.6 is 39.1 Å². The third-order valence-corrected chi connectivity index (χ3v) is 4.31. The minimum absolute atomic E-state index is 0.146. The molecule has 0 unspecified atom stereocenters. The summed E-state index contributed by atoms with van der Waals surface area (Å²) >= 11 is 15.2. The Morgan fingerprint density at radius 3 is 2.57 bits per heavy atom. The lowest BCUT2D eigenvalue weighted by Gasteiger charge is -2.10. The first-order valence-corrected chi connectivity index (χ1v) is 7.10. The fraction of sp³-hybridized carbons (Fsp3) is 0. The van der Waals surface area contributed by atoms with E-state index in [0.717, 1.165) is 0 Å². The van der Waals surface area contributed by atoms with Gasteiger partial charge >= 0.3 is 5.97 Å². The molecule has 0 aliphatic rings. The summed E-state index contributed by atoms with van der Waals surface area (Å²) in [5.74, 6) is -1.93. The smallest absolute Gasteiger partial charge is 0.338 e. The lowest BCUT2D eigenvalue weighted by atomic mass is 10.2. The molecule has 0 aliphatic carbocycles. The van der Waals surface area contributed by atoms with Crippen LogP contribution in [0.2, 0.25) is 10.0 Å². The molecular formula is C13H7BrCl2N2O3. The van der Waals surface area contributed by atoms with Crippen LogP contribution in [-0.4, -0.2) is 22.0 Å². The molecule has 2 aromatic rings. The summed E-state index contributed by atoms with van der Waals surface area (Å²) in [6.07, 6.45) is 1.33. The van der Waals surface area contributed by atoms with Gasteiger partial charge in [-0.05, 0) is 40.2 Å². The third kappa shape index (κ3) is 3.34. The van der Waals surface area contributed by atoms with Gasteiger partial charge in [-0.3, -0.25) is 9.78 Å². The predicted molar refractivity (Wildman–Crippen MR) is 83.3 cm³/mol. The molecule has 1 heterocycles. The quantitative estimate of drug-likeness (QED) is 0.774. The van der Waals surface area contributed by atoms with Gasteiger partial charge in [0.1, 0.15) is 5.69 Å². The minimum atomic E-state index is -1.24. The number of halogens is 3. The molecule has 21 heavy (non-hydrogen) atoms. The topological polar surface area (TPSA) is 79.3 Å². The molecule has 108 valence electrons. The molecule has 0 saturated carbocycles. The summed E-state index contributed by atoms with van der Waals surface area (Å²) in [5, 5.41) is 11.9. The largest absolute Gasteiger partial charge is 0.478 e. The van der Waals surface area contributed by atoms with E-state index >= 15 is 0 Å². The minimum Gasteiger partial charge on any atom is -0.478 e. The van der Waals surface area contributed by atoms with Crippen LogP contribution in [0.5, 0.6) is 0 Å². The Morgan fingerprint density at radius 2 is 1.90 bits per heavy atom. The predicted octanol–water partition coefficient (Wildman–Crippen LogP) is 4.10. The van der Waals surface area contributed by atoms with E-state index in [9.17, 15) is 9.59 Å². The maximum absolute atomic E-state index is 12.1. The molecule has 0 fully saturated rings. The summed E-state index contributed by atoms with van der Waals surface area (Å²) in [4.78, 5) is 27.0. The number of amides is 1. The van der Waals surface area contributed by atoms with Gasteiger partial charge in [0.05, 0.1) is 21.3 Å². The van der Waals surface area contributed by atoms with E-state index in [0.29, 0.717) is 4.47 Å². The summed E-state index contributed by atoms with van der Waals surface area (Å²) in [5.41, 5.74) is -0.147. The molecule has 1 amide bonds. The van der Waals surface area contributed by atoms with Gasteiger partial charge in [0.15, 0.2) is 0 Å². The Balaban J connectivity index is 2.35. The van der Waals surface area contributed by atoms with E-state index in [1.807, 2.05) is 0 Å². The third-order valence-electron chi connectivity index (χ3n) is 2.54. The molecule has 1 aromatic heterocycles. The zero-order valence-electron chi connectivity index (χ0n) is 10.2. The van der Waals surface area contributed by atoms with Crippen molar-refractivity contribution < 1.29 is 14.7 Å². The van der Waals surface area contributed by atoms with Crippen molar-refractivity contribution in [1.82, 2.24) is 4.98 Å². The van der Waals surface area contributed by atoms with Crippen molar-refractivity contribution in [2.75, 3.05) is 5.32 Å². The van der Waals surface area contributed by atoms with Crippen molar-refractivity contribution in [1.29, 1.82) is 0 Å². The van der Waals surface area contributed by atoms with Gasteiger partial charge in [-0.2, -0.15) is 0 Å². The molecule has 0 atom stereocenters. The zero-order valence-corrected chi connectivity index (χ0v) is 13.3. The molecule has 0 aliphatic heterocycles. The summed E-state index contributed by atoms with van der Waals surface area (Å²) in [6.45, 7) is 0. The highest BCUT2D eigenvalue weighted by Crippen LogP contribution is 2.35. The van der Waals surface area contributed by atoms with E-state index in [1.54, 1.807) is 12.1 Å². The van der Waals surface area contributed by atoms with Crippen LogP contribution < -0.4 is 5.32 Å². The van der Waals surface area contributed by atoms with Crippen LogP contribution in [0, 0.1) is 0 Å². The van der Waals surface area contributed by atoms with E-state index in [-0.39, 0.29) is 27.0 Å². The van der Waals surface area contributed by atoms with E-state index in [2.05, 4.69) is 26.2 Å². The van der Waals surface area contributed by atoms with Crippen LogP contribution in [0.4, 0.5) is 5.69 Å². The first-order valence-electron chi connectivity index (χ1n) is 5.55. The number of hydrogen-bond donors (Lipinski definition) is 2. The van der Waals surface area contributed by atoms with Crippen molar-refractivity contribution >= 4 is 56.7 Å². The standard InChI is InChI=1S/C13H7BrCl2N2O3/c14-7-3-4-8(10(16)9(7)15)18-12(19)11-6(13(20)21)2-1-5-17-11/h1-5H,(H,18,19)(H,20,21). The number of carbonyl (C=O) groups is 2. The lowest BCUT2D eigenvalue weighted by molar-refractivity contribution is 0.0691. The number of benzene rings is 1. The number of pyridine rings is 1.